The molecule has 0 aliphatic carbocycles. The molecule has 144 valence electrons. The zero-order valence-corrected chi connectivity index (χ0v) is 16.6. The minimum absolute atomic E-state index is 0.0664. The molecule has 0 saturated heterocycles. The van der Waals surface area contributed by atoms with E-state index in [4.69, 9.17) is 14.2 Å². The molecule has 27 heavy (non-hydrogen) atoms. The second kappa shape index (κ2) is 8.68. The van der Waals surface area contributed by atoms with E-state index in [-0.39, 0.29) is 17.9 Å². The van der Waals surface area contributed by atoms with Crippen LogP contribution in [0.5, 0.6) is 11.5 Å². The molecule has 0 bridgehead atoms. The van der Waals surface area contributed by atoms with Crippen molar-refractivity contribution in [2.24, 2.45) is 4.99 Å². The molecule has 2 rings (SSSR count). The van der Waals surface area contributed by atoms with Crippen LogP contribution in [0.4, 0.5) is 5.00 Å². The highest BCUT2D eigenvalue weighted by molar-refractivity contribution is 7.16. The quantitative estimate of drug-likeness (QED) is 0.566. The van der Waals surface area contributed by atoms with Gasteiger partial charge in [-0.1, -0.05) is 0 Å². The Hall–Kier alpha value is -2.87. The summed E-state index contributed by atoms with van der Waals surface area (Å²) >= 11 is 1.34. The number of hydrogen-bond donors (Lipinski definition) is 1. The largest absolute Gasteiger partial charge is 0.493 e. The summed E-state index contributed by atoms with van der Waals surface area (Å²) in [4.78, 5) is 29.3. The molecule has 1 heterocycles. The van der Waals surface area contributed by atoms with E-state index in [1.54, 1.807) is 19.1 Å². The predicted molar refractivity (Wildman–Crippen MR) is 104 cm³/mol. The van der Waals surface area contributed by atoms with E-state index < -0.39 is 11.9 Å². The molecule has 1 N–H and O–H groups in total. The van der Waals surface area contributed by atoms with E-state index in [0.717, 1.165) is 10.4 Å². The van der Waals surface area contributed by atoms with Gasteiger partial charge in [0.05, 0.1) is 26.4 Å². The molecule has 0 amide bonds. The highest BCUT2D eigenvalue weighted by Gasteiger charge is 2.22. The van der Waals surface area contributed by atoms with Crippen molar-refractivity contribution in [3.63, 3.8) is 0 Å². The van der Waals surface area contributed by atoms with Gasteiger partial charge in [0.1, 0.15) is 10.6 Å². The van der Waals surface area contributed by atoms with Gasteiger partial charge in [-0.3, -0.25) is 0 Å². The number of carboxylic acid groups (broad SMARTS) is 1. The summed E-state index contributed by atoms with van der Waals surface area (Å²) in [5.41, 5.74) is 1.46. The van der Waals surface area contributed by atoms with Crippen LogP contribution in [0.15, 0.2) is 17.1 Å². The van der Waals surface area contributed by atoms with Crippen LogP contribution < -0.4 is 9.47 Å². The Morgan fingerprint density at radius 2 is 1.89 bits per heavy atom. The van der Waals surface area contributed by atoms with Gasteiger partial charge in [-0.15, -0.1) is 11.3 Å². The average molecular weight is 391 g/mol. The highest BCUT2D eigenvalue weighted by atomic mass is 32.1. The molecule has 1 aromatic heterocycles. The molecule has 0 radical (unpaired) electrons. The third kappa shape index (κ3) is 4.11. The zero-order valence-electron chi connectivity index (χ0n) is 15.8. The van der Waals surface area contributed by atoms with Crippen molar-refractivity contribution in [3.05, 3.63) is 39.3 Å². The van der Waals surface area contributed by atoms with E-state index in [2.05, 4.69) is 4.99 Å². The molecule has 0 aliphatic rings. The number of esters is 1. The highest BCUT2D eigenvalue weighted by Crippen LogP contribution is 2.36. The van der Waals surface area contributed by atoms with Crippen LogP contribution in [0.2, 0.25) is 0 Å². The van der Waals surface area contributed by atoms with Gasteiger partial charge in [0.2, 0.25) is 0 Å². The standard InChI is InChI=1S/C19H21NO6S/c1-6-26-19(23)14-10(2)11(3)27-17(14)20-9-12-7-8-13(24-4)16(25-5)15(12)18(21)22/h7-9H,6H2,1-5H3,(H,21,22). The fraction of sp³-hybridized carbons (Fsp3) is 0.316. The summed E-state index contributed by atoms with van der Waals surface area (Å²) in [5, 5.41) is 10.1. The summed E-state index contributed by atoms with van der Waals surface area (Å²) < 4.78 is 15.5. The van der Waals surface area contributed by atoms with E-state index in [1.807, 2.05) is 13.8 Å². The number of carbonyl (C=O) groups is 2. The minimum Gasteiger partial charge on any atom is -0.493 e. The Bertz CT molecular complexity index is 900. The van der Waals surface area contributed by atoms with Gasteiger partial charge in [0, 0.05) is 16.7 Å². The summed E-state index contributed by atoms with van der Waals surface area (Å²) in [6.45, 7) is 5.71. The lowest BCUT2D eigenvalue weighted by Gasteiger charge is -2.12. The van der Waals surface area contributed by atoms with Crippen molar-refractivity contribution in [1.29, 1.82) is 0 Å². The number of carboxylic acids is 1. The summed E-state index contributed by atoms with van der Waals surface area (Å²) in [6, 6.07) is 3.18. The topological polar surface area (TPSA) is 94.4 Å². The fourth-order valence-corrected chi connectivity index (χ4v) is 3.53. The Morgan fingerprint density at radius 3 is 2.44 bits per heavy atom. The molecule has 0 saturated carbocycles. The maximum Gasteiger partial charge on any atom is 0.341 e. The predicted octanol–water partition coefficient (Wildman–Crippen LogP) is 4.01. The first-order chi connectivity index (χ1) is 12.8. The molecule has 7 nitrogen and oxygen atoms in total. The zero-order chi connectivity index (χ0) is 20.1. The van der Waals surface area contributed by atoms with Gasteiger partial charge in [-0.2, -0.15) is 0 Å². The van der Waals surface area contributed by atoms with E-state index in [9.17, 15) is 14.7 Å². The molecule has 2 aromatic rings. The lowest BCUT2D eigenvalue weighted by molar-refractivity contribution is 0.0526. The van der Waals surface area contributed by atoms with Crippen LogP contribution >= 0.6 is 11.3 Å². The summed E-state index contributed by atoms with van der Waals surface area (Å²) in [6.07, 6.45) is 1.40. The number of rotatable bonds is 7. The SMILES string of the molecule is CCOC(=O)c1c(N=Cc2ccc(OC)c(OC)c2C(=O)O)sc(C)c1C. The maximum atomic E-state index is 12.3. The first-order valence-corrected chi connectivity index (χ1v) is 8.96. The third-order valence-corrected chi connectivity index (χ3v) is 5.07. The van der Waals surface area contributed by atoms with Crippen molar-refractivity contribution in [2.45, 2.75) is 20.8 Å². The third-order valence-electron chi connectivity index (χ3n) is 3.96. The van der Waals surface area contributed by atoms with Crippen LogP contribution in [0, 0.1) is 13.8 Å². The Morgan fingerprint density at radius 1 is 1.19 bits per heavy atom. The van der Waals surface area contributed by atoms with Gasteiger partial charge in [0.25, 0.3) is 0 Å². The molecular formula is C19H21NO6S. The number of aryl methyl sites for hydroxylation is 1. The molecule has 0 unspecified atom stereocenters. The Kier molecular flexibility index (Phi) is 6.57. The molecule has 8 heteroatoms. The first-order valence-electron chi connectivity index (χ1n) is 8.15. The fourth-order valence-electron chi connectivity index (χ4n) is 2.54. The number of thiophene rings is 1. The van der Waals surface area contributed by atoms with Crippen LogP contribution in [0.1, 0.15) is 43.6 Å². The molecule has 0 spiro atoms. The Labute approximate surface area is 161 Å². The number of ether oxygens (including phenoxy) is 3. The monoisotopic (exact) mass is 391 g/mol. The van der Waals surface area contributed by atoms with Gasteiger partial charge in [0.15, 0.2) is 11.5 Å². The van der Waals surface area contributed by atoms with E-state index in [0.29, 0.717) is 21.9 Å². The number of methoxy groups -OCH3 is 2. The maximum absolute atomic E-state index is 12.3. The number of carbonyl (C=O) groups excluding carboxylic acids is 1. The van der Waals surface area contributed by atoms with Gasteiger partial charge < -0.3 is 19.3 Å². The van der Waals surface area contributed by atoms with Gasteiger partial charge in [-0.25, -0.2) is 14.6 Å². The second-order valence-electron chi connectivity index (χ2n) is 5.51. The molecule has 0 aliphatic heterocycles. The Balaban J connectivity index is 2.55. The van der Waals surface area contributed by atoms with Crippen LogP contribution in [-0.4, -0.2) is 44.1 Å². The van der Waals surface area contributed by atoms with Crippen molar-refractivity contribution in [1.82, 2.24) is 0 Å². The van der Waals surface area contributed by atoms with Crippen molar-refractivity contribution < 1.29 is 28.9 Å². The summed E-state index contributed by atoms with van der Waals surface area (Å²) in [7, 11) is 2.80. The van der Waals surface area contributed by atoms with Crippen molar-refractivity contribution in [3.8, 4) is 11.5 Å². The lowest BCUT2D eigenvalue weighted by atomic mass is 10.1. The summed E-state index contributed by atoms with van der Waals surface area (Å²) in [5.74, 6) is -1.20. The number of hydrogen-bond acceptors (Lipinski definition) is 7. The molecule has 0 atom stereocenters. The van der Waals surface area contributed by atoms with Gasteiger partial charge in [-0.05, 0) is 38.5 Å². The normalized spacial score (nSPS) is 10.9. The van der Waals surface area contributed by atoms with Gasteiger partial charge >= 0.3 is 11.9 Å². The van der Waals surface area contributed by atoms with E-state index >= 15 is 0 Å². The van der Waals surface area contributed by atoms with Crippen molar-refractivity contribution >= 4 is 34.5 Å². The average Bonchev–Trinajstić information content (AvgIpc) is 2.93. The smallest absolute Gasteiger partial charge is 0.341 e. The molecule has 1 aromatic carbocycles. The molecular weight excluding hydrogens is 370 g/mol. The van der Waals surface area contributed by atoms with Crippen LogP contribution in [0.25, 0.3) is 0 Å². The number of aliphatic imine (C=N–C) groups is 1. The molecule has 0 fully saturated rings. The number of benzene rings is 1. The lowest BCUT2D eigenvalue weighted by Crippen LogP contribution is -2.07. The van der Waals surface area contributed by atoms with Crippen LogP contribution in [-0.2, 0) is 4.74 Å². The first kappa shape index (κ1) is 20.4. The van der Waals surface area contributed by atoms with Crippen molar-refractivity contribution in [2.75, 3.05) is 20.8 Å². The van der Waals surface area contributed by atoms with E-state index in [1.165, 1.54) is 31.8 Å². The van der Waals surface area contributed by atoms with Crippen LogP contribution in [0.3, 0.4) is 0 Å². The number of nitrogens with zero attached hydrogens (tertiary/aromatic N) is 1. The number of aromatic carboxylic acids is 1. The minimum atomic E-state index is -1.17. The second-order valence-corrected chi connectivity index (χ2v) is 6.72.